The number of hydrogen-bond donors (Lipinski definition) is 0. The van der Waals surface area contributed by atoms with Crippen LogP contribution in [0.25, 0.3) is 11.1 Å². The van der Waals surface area contributed by atoms with Crippen molar-refractivity contribution in [2.75, 3.05) is 0 Å². The van der Waals surface area contributed by atoms with Gasteiger partial charge in [-0.15, -0.1) is 0 Å². The van der Waals surface area contributed by atoms with Crippen molar-refractivity contribution >= 4 is 6.29 Å². The highest BCUT2D eigenvalue weighted by Crippen LogP contribution is 2.32. The Labute approximate surface area is 182 Å². The predicted molar refractivity (Wildman–Crippen MR) is 121 cm³/mol. The summed E-state index contributed by atoms with van der Waals surface area (Å²) in [5, 5.41) is 0. The minimum Gasteiger partial charge on any atom is -0.473 e. The van der Waals surface area contributed by atoms with Crippen LogP contribution in [0.5, 0.6) is 11.8 Å². The van der Waals surface area contributed by atoms with Crippen LogP contribution in [0.2, 0.25) is 0 Å². The van der Waals surface area contributed by atoms with Gasteiger partial charge >= 0.3 is 0 Å². The van der Waals surface area contributed by atoms with Crippen LogP contribution in [-0.4, -0.2) is 11.3 Å². The molecule has 0 saturated heterocycles. The van der Waals surface area contributed by atoms with Gasteiger partial charge in [0, 0.05) is 17.2 Å². The van der Waals surface area contributed by atoms with Gasteiger partial charge in [-0.3, -0.25) is 4.79 Å². The second kappa shape index (κ2) is 9.72. The second-order valence-corrected chi connectivity index (χ2v) is 7.24. The monoisotopic (exact) mass is 409 g/mol. The standard InChI is InChI=1S/C27H23NO3/c1-20-12-13-23(16-24(20)17-29)25-14-15-26(30-18-21-8-4-2-5-9-21)28-27(25)31-19-22-10-6-3-7-11-22/h2-17H,18-19H2,1H3. The molecule has 0 spiro atoms. The zero-order valence-corrected chi connectivity index (χ0v) is 17.3. The number of aryl methyl sites for hydroxylation is 1. The van der Waals surface area contributed by atoms with Crippen molar-refractivity contribution < 1.29 is 14.3 Å². The lowest BCUT2D eigenvalue weighted by Crippen LogP contribution is -2.02. The third kappa shape index (κ3) is 5.17. The van der Waals surface area contributed by atoms with Gasteiger partial charge in [0.2, 0.25) is 11.8 Å². The van der Waals surface area contributed by atoms with Crippen LogP contribution >= 0.6 is 0 Å². The summed E-state index contributed by atoms with van der Waals surface area (Å²) in [6.07, 6.45) is 0.869. The van der Waals surface area contributed by atoms with E-state index in [9.17, 15) is 4.79 Å². The first-order chi connectivity index (χ1) is 15.2. The Morgan fingerprint density at radius 2 is 1.42 bits per heavy atom. The molecule has 0 N–H and O–H groups in total. The van der Waals surface area contributed by atoms with Crippen molar-refractivity contribution in [3.63, 3.8) is 0 Å². The Balaban J connectivity index is 1.63. The van der Waals surface area contributed by atoms with Gasteiger partial charge in [-0.1, -0.05) is 72.8 Å². The zero-order valence-electron chi connectivity index (χ0n) is 17.3. The number of pyridine rings is 1. The molecule has 0 bridgehead atoms. The van der Waals surface area contributed by atoms with Crippen molar-refractivity contribution in [1.82, 2.24) is 4.98 Å². The normalized spacial score (nSPS) is 10.5. The quantitative estimate of drug-likeness (QED) is 0.334. The highest BCUT2D eigenvalue weighted by Gasteiger charge is 2.13. The Hall–Kier alpha value is -3.92. The fraction of sp³-hybridized carbons (Fsp3) is 0.111. The van der Waals surface area contributed by atoms with Gasteiger partial charge in [-0.05, 0) is 41.3 Å². The van der Waals surface area contributed by atoms with E-state index in [0.717, 1.165) is 34.1 Å². The average Bonchev–Trinajstić information content (AvgIpc) is 2.83. The third-order valence-corrected chi connectivity index (χ3v) is 5.00. The van der Waals surface area contributed by atoms with Crippen LogP contribution in [0.3, 0.4) is 0 Å². The van der Waals surface area contributed by atoms with Gasteiger partial charge in [-0.2, -0.15) is 4.98 Å². The fourth-order valence-corrected chi connectivity index (χ4v) is 3.23. The maximum atomic E-state index is 11.4. The van der Waals surface area contributed by atoms with Gasteiger partial charge in [0.25, 0.3) is 0 Å². The molecular formula is C27H23NO3. The summed E-state index contributed by atoms with van der Waals surface area (Å²) in [5.41, 5.74) is 5.37. The van der Waals surface area contributed by atoms with E-state index in [1.54, 1.807) is 0 Å². The minimum absolute atomic E-state index is 0.384. The van der Waals surface area contributed by atoms with Crippen LogP contribution in [0.1, 0.15) is 27.0 Å². The van der Waals surface area contributed by atoms with Crippen molar-refractivity contribution in [3.05, 3.63) is 113 Å². The van der Waals surface area contributed by atoms with Crippen LogP contribution in [-0.2, 0) is 13.2 Å². The smallest absolute Gasteiger partial charge is 0.225 e. The molecule has 31 heavy (non-hydrogen) atoms. The van der Waals surface area contributed by atoms with E-state index < -0.39 is 0 Å². The molecule has 1 heterocycles. The van der Waals surface area contributed by atoms with Gasteiger partial charge in [-0.25, -0.2) is 0 Å². The average molecular weight is 409 g/mol. The molecule has 0 fully saturated rings. The Morgan fingerprint density at radius 3 is 2.06 bits per heavy atom. The lowest BCUT2D eigenvalue weighted by Gasteiger charge is -2.14. The summed E-state index contributed by atoms with van der Waals surface area (Å²) >= 11 is 0. The van der Waals surface area contributed by atoms with Crippen molar-refractivity contribution in [2.45, 2.75) is 20.1 Å². The molecule has 3 aromatic carbocycles. The molecule has 4 aromatic rings. The number of aromatic nitrogens is 1. The van der Waals surface area contributed by atoms with E-state index in [4.69, 9.17) is 9.47 Å². The van der Waals surface area contributed by atoms with E-state index in [2.05, 4.69) is 4.98 Å². The van der Waals surface area contributed by atoms with Crippen molar-refractivity contribution in [2.24, 2.45) is 0 Å². The Bertz CT molecular complexity index is 1160. The highest BCUT2D eigenvalue weighted by atomic mass is 16.5. The summed E-state index contributed by atoms with van der Waals surface area (Å²) < 4.78 is 12.0. The van der Waals surface area contributed by atoms with E-state index in [0.29, 0.717) is 30.5 Å². The first-order valence-electron chi connectivity index (χ1n) is 10.1. The molecule has 0 radical (unpaired) electrons. The number of ether oxygens (including phenoxy) is 2. The topological polar surface area (TPSA) is 48.4 Å². The molecule has 0 aliphatic rings. The molecular weight excluding hydrogens is 386 g/mol. The molecule has 0 saturated carbocycles. The van der Waals surface area contributed by atoms with Gasteiger partial charge < -0.3 is 9.47 Å². The van der Waals surface area contributed by atoms with E-state index in [-0.39, 0.29) is 0 Å². The van der Waals surface area contributed by atoms with Crippen LogP contribution < -0.4 is 9.47 Å². The number of carbonyl (C=O) groups is 1. The number of aldehydes is 1. The van der Waals surface area contributed by atoms with E-state index in [1.807, 2.05) is 97.9 Å². The lowest BCUT2D eigenvalue weighted by atomic mass is 10.0. The van der Waals surface area contributed by atoms with Crippen LogP contribution in [0.4, 0.5) is 0 Å². The first-order valence-corrected chi connectivity index (χ1v) is 10.1. The van der Waals surface area contributed by atoms with Crippen molar-refractivity contribution in [3.8, 4) is 22.9 Å². The number of hydrogen-bond acceptors (Lipinski definition) is 4. The molecule has 1 aromatic heterocycles. The summed E-state index contributed by atoms with van der Waals surface area (Å²) in [5.74, 6) is 0.952. The zero-order chi connectivity index (χ0) is 21.5. The number of benzene rings is 3. The number of carbonyl (C=O) groups excluding carboxylic acids is 1. The van der Waals surface area contributed by atoms with Crippen LogP contribution in [0.15, 0.2) is 91.0 Å². The predicted octanol–water partition coefficient (Wildman–Crippen LogP) is 6.03. The maximum absolute atomic E-state index is 11.4. The third-order valence-electron chi connectivity index (χ3n) is 5.00. The minimum atomic E-state index is 0.384. The van der Waals surface area contributed by atoms with E-state index >= 15 is 0 Å². The summed E-state index contributed by atoms with van der Waals surface area (Å²) in [4.78, 5) is 16.0. The molecule has 0 aliphatic carbocycles. The second-order valence-electron chi connectivity index (χ2n) is 7.24. The van der Waals surface area contributed by atoms with E-state index in [1.165, 1.54) is 0 Å². The summed E-state index contributed by atoms with van der Waals surface area (Å²) in [6.45, 7) is 2.72. The molecule has 4 rings (SSSR count). The first kappa shape index (κ1) is 20.4. The van der Waals surface area contributed by atoms with Crippen LogP contribution in [0, 0.1) is 6.92 Å². The molecule has 154 valence electrons. The lowest BCUT2D eigenvalue weighted by molar-refractivity contribution is 0.112. The largest absolute Gasteiger partial charge is 0.473 e. The van der Waals surface area contributed by atoms with Gasteiger partial charge in [0.1, 0.15) is 19.5 Å². The van der Waals surface area contributed by atoms with Crippen molar-refractivity contribution in [1.29, 1.82) is 0 Å². The molecule has 0 atom stereocenters. The van der Waals surface area contributed by atoms with Gasteiger partial charge in [0.15, 0.2) is 0 Å². The van der Waals surface area contributed by atoms with Gasteiger partial charge in [0.05, 0.1) is 0 Å². The molecule has 0 unspecified atom stereocenters. The number of nitrogens with zero attached hydrogens (tertiary/aromatic N) is 1. The highest BCUT2D eigenvalue weighted by molar-refractivity contribution is 5.82. The Kier molecular flexibility index (Phi) is 6.38. The molecule has 0 amide bonds. The maximum Gasteiger partial charge on any atom is 0.225 e. The fourth-order valence-electron chi connectivity index (χ4n) is 3.23. The number of rotatable bonds is 8. The summed E-state index contributed by atoms with van der Waals surface area (Å²) in [7, 11) is 0. The molecule has 4 nitrogen and oxygen atoms in total. The molecule has 4 heteroatoms. The Morgan fingerprint density at radius 1 is 0.774 bits per heavy atom. The summed E-state index contributed by atoms with van der Waals surface area (Å²) in [6, 6.07) is 29.4. The molecule has 0 aliphatic heterocycles. The SMILES string of the molecule is Cc1ccc(-c2ccc(OCc3ccccc3)nc2OCc2ccccc2)cc1C=O.